The van der Waals surface area contributed by atoms with E-state index in [2.05, 4.69) is 0 Å². The zero-order valence-corrected chi connectivity index (χ0v) is 9.97. The highest BCUT2D eigenvalue weighted by Crippen LogP contribution is 2.22. The van der Waals surface area contributed by atoms with Crippen molar-refractivity contribution in [1.82, 2.24) is 0 Å². The lowest BCUT2D eigenvalue weighted by molar-refractivity contribution is 0.0441. The van der Waals surface area contributed by atoms with Gasteiger partial charge in [-0.2, -0.15) is 0 Å². The molecule has 0 heterocycles. The standard InChI is InChI=1S/C12H17NO4/c1-8(14)5-6-17-12(15)10-4-3-9(13)7-11(10)16-2/h3-4,7-8,14H,5-6,13H2,1-2H3. The summed E-state index contributed by atoms with van der Waals surface area (Å²) in [6.07, 6.45) is -0.0839. The van der Waals surface area contributed by atoms with E-state index in [-0.39, 0.29) is 6.61 Å². The van der Waals surface area contributed by atoms with Crippen LogP contribution in [0.4, 0.5) is 5.69 Å². The quantitative estimate of drug-likeness (QED) is 0.596. The van der Waals surface area contributed by atoms with Crippen LogP contribution in [0, 0.1) is 0 Å². The second-order valence-corrected chi connectivity index (χ2v) is 3.73. The predicted octanol–water partition coefficient (Wildman–Crippen LogP) is 1.21. The maximum Gasteiger partial charge on any atom is 0.341 e. The molecule has 1 unspecified atom stereocenters. The van der Waals surface area contributed by atoms with Gasteiger partial charge in [0.05, 0.1) is 19.8 Å². The molecule has 0 amide bonds. The summed E-state index contributed by atoms with van der Waals surface area (Å²) in [5, 5.41) is 9.04. The average Bonchev–Trinajstić information content (AvgIpc) is 2.28. The Morgan fingerprint density at radius 3 is 2.82 bits per heavy atom. The summed E-state index contributed by atoms with van der Waals surface area (Å²) < 4.78 is 10.0. The van der Waals surface area contributed by atoms with E-state index in [4.69, 9.17) is 20.3 Å². The highest BCUT2D eigenvalue weighted by Gasteiger charge is 2.13. The molecule has 0 bridgehead atoms. The molecule has 5 heteroatoms. The van der Waals surface area contributed by atoms with Crippen molar-refractivity contribution in [3.8, 4) is 5.75 Å². The molecule has 0 aliphatic rings. The van der Waals surface area contributed by atoms with Crippen molar-refractivity contribution in [1.29, 1.82) is 0 Å². The summed E-state index contributed by atoms with van der Waals surface area (Å²) in [6.45, 7) is 1.81. The number of methoxy groups -OCH3 is 1. The van der Waals surface area contributed by atoms with Gasteiger partial charge < -0.3 is 20.3 Å². The third kappa shape index (κ3) is 3.96. The van der Waals surface area contributed by atoms with Gasteiger partial charge in [-0.15, -0.1) is 0 Å². The van der Waals surface area contributed by atoms with Gasteiger partial charge in [0.25, 0.3) is 0 Å². The van der Waals surface area contributed by atoms with Crippen molar-refractivity contribution >= 4 is 11.7 Å². The van der Waals surface area contributed by atoms with Crippen molar-refractivity contribution < 1.29 is 19.4 Å². The van der Waals surface area contributed by atoms with E-state index in [0.29, 0.717) is 23.4 Å². The number of hydrogen-bond donors (Lipinski definition) is 2. The number of carbonyl (C=O) groups is 1. The predicted molar refractivity (Wildman–Crippen MR) is 64.0 cm³/mol. The summed E-state index contributed by atoms with van der Waals surface area (Å²) in [6, 6.07) is 4.72. The molecule has 0 saturated heterocycles. The minimum Gasteiger partial charge on any atom is -0.496 e. The van der Waals surface area contributed by atoms with Crippen LogP contribution in [0.5, 0.6) is 5.75 Å². The van der Waals surface area contributed by atoms with Crippen LogP contribution in [0.2, 0.25) is 0 Å². The number of aliphatic hydroxyl groups is 1. The SMILES string of the molecule is COc1cc(N)ccc1C(=O)OCCC(C)O. The molecular weight excluding hydrogens is 222 g/mol. The number of hydrogen-bond acceptors (Lipinski definition) is 5. The maximum absolute atomic E-state index is 11.7. The molecule has 1 aromatic rings. The van der Waals surface area contributed by atoms with Crippen molar-refractivity contribution in [3.63, 3.8) is 0 Å². The Labute approximate surface area is 100 Å². The largest absolute Gasteiger partial charge is 0.496 e. The molecule has 1 rings (SSSR count). The van der Waals surface area contributed by atoms with Crippen LogP contribution in [-0.4, -0.2) is 30.9 Å². The zero-order valence-electron chi connectivity index (χ0n) is 9.97. The van der Waals surface area contributed by atoms with Gasteiger partial charge in [0.1, 0.15) is 11.3 Å². The molecule has 0 aliphatic heterocycles. The molecule has 1 aromatic carbocycles. The minimum absolute atomic E-state index is 0.171. The lowest BCUT2D eigenvalue weighted by atomic mass is 10.2. The second kappa shape index (κ2) is 6.10. The Bertz CT molecular complexity index is 390. The van der Waals surface area contributed by atoms with E-state index >= 15 is 0 Å². The van der Waals surface area contributed by atoms with Crippen molar-refractivity contribution in [3.05, 3.63) is 23.8 Å². The first-order chi connectivity index (χ1) is 8.04. The Balaban J connectivity index is 2.68. The fourth-order valence-electron chi connectivity index (χ4n) is 1.28. The lowest BCUT2D eigenvalue weighted by Crippen LogP contribution is -2.12. The van der Waals surface area contributed by atoms with E-state index in [1.165, 1.54) is 7.11 Å². The summed E-state index contributed by atoms with van der Waals surface area (Å²) in [5.74, 6) is -0.102. The van der Waals surface area contributed by atoms with Gasteiger partial charge in [0.2, 0.25) is 0 Å². The number of benzene rings is 1. The second-order valence-electron chi connectivity index (χ2n) is 3.73. The van der Waals surface area contributed by atoms with Gasteiger partial charge in [0.15, 0.2) is 0 Å². The van der Waals surface area contributed by atoms with Crippen LogP contribution in [0.25, 0.3) is 0 Å². The summed E-state index contributed by atoms with van der Waals surface area (Å²) in [4.78, 5) is 11.7. The number of nitrogens with two attached hydrogens (primary N) is 1. The van der Waals surface area contributed by atoms with Crippen LogP contribution in [0.1, 0.15) is 23.7 Å². The van der Waals surface area contributed by atoms with Crippen molar-refractivity contribution in [2.24, 2.45) is 0 Å². The van der Waals surface area contributed by atoms with Gasteiger partial charge in [-0.25, -0.2) is 4.79 Å². The minimum atomic E-state index is -0.490. The molecule has 0 spiro atoms. The topological polar surface area (TPSA) is 81.8 Å². The Morgan fingerprint density at radius 1 is 1.53 bits per heavy atom. The zero-order chi connectivity index (χ0) is 12.8. The Hall–Kier alpha value is -1.75. The number of carbonyl (C=O) groups excluding carboxylic acids is 1. The highest BCUT2D eigenvalue weighted by molar-refractivity contribution is 5.93. The number of nitrogen functional groups attached to an aromatic ring is 1. The monoisotopic (exact) mass is 239 g/mol. The maximum atomic E-state index is 11.7. The molecule has 5 nitrogen and oxygen atoms in total. The molecule has 94 valence electrons. The van der Waals surface area contributed by atoms with Crippen LogP contribution < -0.4 is 10.5 Å². The number of rotatable bonds is 5. The molecule has 3 N–H and O–H groups in total. The fraction of sp³-hybridized carbons (Fsp3) is 0.417. The Kier molecular flexibility index (Phi) is 4.78. The van der Waals surface area contributed by atoms with E-state index in [1.54, 1.807) is 25.1 Å². The number of aliphatic hydroxyl groups excluding tert-OH is 1. The van der Waals surface area contributed by atoms with Crippen LogP contribution >= 0.6 is 0 Å². The first-order valence-corrected chi connectivity index (χ1v) is 5.33. The van der Waals surface area contributed by atoms with E-state index in [9.17, 15) is 4.79 Å². The Morgan fingerprint density at radius 2 is 2.24 bits per heavy atom. The van der Waals surface area contributed by atoms with Crippen molar-refractivity contribution in [2.75, 3.05) is 19.5 Å². The van der Waals surface area contributed by atoms with Crippen LogP contribution in [0.3, 0.4) is 0 Å². The smallest absolute Gasteiger partial charge is 0.341 e. The molecule has 17 heavy (non-hydrogen) atoms. The molecule has 0 aromatic heterocycles. The fourth-order valence-corrected chi connectivity index (χ4v) is 1.28. The molecule has 0 radical (unpaired) electrons. The summed E-state index contributed by atoms with van der Waals surface area (Å²) in [5.41, 5.74) is 6.42. The number of esters is 1. The van der Waals surface area contributed by atoms with Gasteiger partial charge in [0, 0.05) is 18.2 Å². The average molecular weight is 239 g/mol. The van der Waals surface area contributed by atoms with Gasteiger partial charge in [-0.05, 0) is 19.1 Å². The molecule has 0 saturated carbocycles. The molecule has 0 fully saturated rings. The number of anilines is 1. The number of ether oxygens (including phenoxy) is 2. The third-order valence-electron chi connectivity index (χ3n) is 2.21. The normalized spacial score (nSPS) is 11.9. The van der Waals surface area contributed by atoms with Gasteiger partial charge in [-0.1, -0.05) is 0 Å². The van der Waals surface area contributed by atoms with Crippen LogP contribution in [0.15, 0.2) is 18.2 Å². The van der Waals surface area contributed by atoms with E-state index < -0.39 is 12.1 Å². The first-order valence-electron chi connectivity index (χ1n) is 5.33. The van der Waals surface area contributed by atoms with Gasteiger partial charge >= 0.3 is 5.97 Å². The molecule has 1 atom stereocenters. The highest BCUT2D eigenvalue weighted by atomic mass is 16.5. The summed E-state index contributed by atoms with van der Waals surface area (Å²) in [7, 11) is 1.46. The van der Waals surface area contributed by atoms with E-state index in [1.807, 2.05) is 0 Å². The van der Waals surface area contributed by atoms with Gasteiger partial charge in [-0.3, -0.25) is 0 Å². The van der Waals surface area contributed by atoms with Crippen LogP contribution in [-0.2, 0) is 4.74 Å². The third-order valence-corrected chi connectivity index (χ3v) is 2.21. The van der Waals surface area contributed by atoms with E-state index in [0.717, 1.165) is 0 Å². The first kappa shape index (κ1) is 13.3. The lowest BCUT2D eigenvalue weighted by Gasteiger charge is -2.10. The molecule has 0 aliphatic carbocycles. The molecular formula is C12H17NO4. The van der Waals surface area contributed by atoms with Crippen molar-refractivity contribution in [2.45, 2.75) is 19.4 Å². The summed E-state index contributed by atoms with van der Waals surface area (Å²) >= 11 is 0.